The summed E-state index contributed by atoms with van der Waals surface area (Å²) in [5.41, 5.74) is 0. The molecule has 0 atom stereocenters. The second-order valence-electron chi connectivity index (χ2n) is 1.70. The number of ether oxygens (including phenoxy) is 2. The maximum absolute atomic E-state index is 10.7. The fraction of sp³-hybridized carbons (Fsp3) is 0.571. The monoisotopic (exact) mass is 178 g/mol. The quantitative estimate of drug-likeness (QED) is 0.282. The zero-order valence-corrected chi connectivity index (χ0v) is 7.35. The van der Waals surface area contributed by atoms with E-state index in [1.54, 1.807) is 6.92 Å². The Balaban J connectivity index is 3.93. The molecule has 4 heteroatoms. The normalized spacial score (nSPS) is 11.0. The first-order chi connectivity index (χ1) is 5.24. The summed E-state index contributed by atoms with van der Waals surface area (Å²) in [6.45, 7) is 2.09. The van der Waals surface area contributed by atoms with Gasteiger partial charge in [0.2, 0.25) is 0 Å². The molecule has 11 heavy (non-hydrogen) atoms. The summed E-state index contributed by atoms with van der Waals surface area (Å²) in [4.78, 5) is 10.7. The first-order valence-electron chi connectivity index (χ1n) is 3.21. The largest absolute Gasteiger partial charge is 0.500 e. The zero-order chi connectivity index (χ0) is 8.69. The van der Waals surface area contributed by atoms with Crippen LogP contribution in [0.25, 0.3) is 0 Å². The molecule has 64 valence electrons. The minimum absolute atomic E-state index is 0.176. The van der Waals surface area contributed by atoms with E-state index < -0.39 is 5.97 Å². The first kappa shape index (κ1) is 10.3. The van der Waals surface area contributed by atoms with Gasteiger partial charge in [-0.25, -0.2) is 4.79 Å². The van der Waals surface area contributed by atoms with Crippen molar-refractivity contribution in [3.63, 3.8) is 0 Å². The zero-order valence-electron chi connectivity index (χ0n) is 6.59. The molecule has 0 rings (SSSR count). The van der Waals surface area contributed by atoms with Crippen LogP contribution in [0.4, 0.5) is 0 Å². The summed E-state index contributed by atoms with van der Waals surface area (Å²) in [6.07, 6.45) is 1.23. The highest BCUT2D eigenvalue weighted by Gasteiger charge is 1.99. The van der Waals surface area contributed by atoms with Crippen molar-refractivity contribution >= 4 is 17.6 Å². The third-order valence-electron chi connectivity index (χ3n) is 0.959. The minimum atomic E-state index is -0.426. The van der Waals surface area contributed by atoms with E-state index in [1.807, 2.05) is 0 Å². The fourth-order valence-electron chi connectivity index (χ4n) is 0.467. The molecule has 0 heterocycles. The van der Waals surface area contributed by atoms with Crippen LogP contribution in [-0.4, -0.2) is 25.6 Å². The van der Waals surface area contributed by atoms with Gasteiger partial charge in [-0.2, -0.15) is 0 Å². The first-order valence-corrected chi connectivity index (χ1v) is 3.75. The molecule has 0 radical (unpaired) electrons. The third-order valence-corrected chi connectivity index (χ3v) is 1.22. The molecular weight excluding hydrogens is 168 g/mol. The van der Waals surface area contributed by atoms with Crippen LogP contribution in [0.1, 0.15) is 6.92 Å². The lowest BCUT2D eigenvalue weighted by Crippen LogP contribution is -2.02. The number of alkyl halides is 1. The molecule has 0 aromatic heterocycles. The van der Waals surface area contributed by atoms with Crippen LogP contribution in [0.5, 0.6) is 0 Å². The van der Waals surface area contributed by atoms with Crippen LogP contribution in [0.3, 0.4) is 0 Å². The predicted octanol–water partition coefficient (Wildman–Crippen LogP) is 1.32. The summed E-state index contributed by atoms with van der Waals surface area (Å²) in [6, 6.07) is 0. The van der Waals surface area contributed by atoms with E-state index in [9.17, 15) is 4.79 Å². The molecule has 0 aromatic rings. The molecule has 0 fully saturated rings. The maximum Gasteiger partial charge on any atom is 0.334 e. The van der Waals surface area contributed by atoms with Crippen molar-refractivity contribution in [1.29, 1.82) is 0 Å². The Bertz CT molecular complexity index is 148. The highest BCUT2D eigenvalue weighted by molar-refractivity contribution is 6.19. The van der Waals surface area contributed by atoms with Crippen molar-refractivity contribution < 1.29 is 14.3 Å². The Morgan fingerprint density at radius 2 is 2.27 bits per heavy atom. The topological polar surface area (TPSA) is 35.5 Å². The highest BCUT2D eigenvalue weighted by atomic mass is 35.5. The van der Waals surface area contributed by atoms with Gasteiger partial charge in [0.1, 0.15) is 5.76 Å². The Labute approximate surface area is 70.9 Å². The van der Waals surface area contributed by atoms with Gasteiger partial charge in [0, 0.05) is 0 Å². The summed E-state index contributed by atoms with van der Waals surface area (Å²) in [7, 11) is 1.45. The minimum Gasteiger partial charge on any atom is -0.500 e. The van der Waals surface area contributed by atoms with E-state index >= 15 is 0 Å². The fourth-order valence-corrected chi connectivity index (χ4v) is 0.654. The summed E-state index contributed by atoms with van der Waals surface area (Å²) in [5, 5.41) is 0. The molecule has 0 unspecified atom stereocenters. The van der Waals surface area contributed by atoms with Crippen LogP contribution in [0.2, 0.25) is 0 Å². The highest BCUT2D eigenvalue weighted by Crippen LogP contribution is 1.98. The van der Waals surface area contributed by atoms with Gasteiger partial charge in [-0.3, -0.25) is 0 Å². The lowest BCUT2D eigenvalue weighted by Gasteiger charge is -2.00. The van der Waals surface area contributed by atoms with Crippen molar-refractivity contribution in [2.75, 3.05) is 19.6 Å². The molecule has 0 saturated carbocycles. The molecule has 0 amide bonds. The molecular formula is C7H11ClO3. The molecule has 0 N–H and O–H groups in total. The molecule has 0 aliphatic rings. The van der Waals surface area contributed by atoms with Crippen molar-refractivity contribution in [3.05, 3.63) is 11.8 Å². The smallest absolute Gasteiger partial charge is 0.334 e. The third kappa shape index (κ3) is 4.67. The van der Waals surface area contributed by atoms with Crippen LogP contribution >= 0.6 is 11.6 Å². The number of carbonyl (C=O) groups excluding carboxylic acids is 1. The van der Waals surface area contributed by atoms with Gasteiger partial charge >= 0.3 is 5.97 Å². The Morgan fingerprint density at radius 3 is 2.64 bits per heavy atom. The number of allylic oxidation sites excluding steroid dienone is 1. The van der Waals surface area contributed by atoms with Gasteiger partial charge in [0.05, 0.1) is 25.7 Å². The van der Waals surface area contributed by atoms with Crippen molar-refractivity contribution in [2.24, 2.45) is 0 Å². The second-order valence-corrected chi connectivity index (χ2v) is 1.97. The maximum atomic E-state index is 10.7. The number of carbonyl (C=O) groups is 1. The number of esters is 1. The van der Waals surface area contributed by atoms with E-state index in [0.717, 1.165) is 0 Å². The number of halogens is 1. The van der Waals surface area contributed by atoms with Gasteiger partial charge < -0.3 is 9.47 Å². The van der Waals surface area contributed by atoms with Crippen LogP contribution < -0.4 is 0 Å². The molecule has 0 spiro atoms. The molecule has 3 nitrogen and oxygen atoms in total. The van der Waals surface area contributed by atoms with Crippen molar-refractivity contribution in [2.45, 2.75) is 6.92 Å². The lowest BCUT2D eigenvalue weighted by molar-refractivity contribution is -0.137. The number of hydrogen-bond donors (Lipinski definition) is 0. The summed E-state index contributed by atoms with van der Waals surface area (Å²) < 4.78 is 9.37. The number of methoxy groups -OCH3 is 1. The molecule has 0 aliphatic carbocycles. The van der Waals surface area contributed by atoms with Gasteiger partial charge in [0.15, 0.2) is 0 Å². The predicted molar refractivity (Wildman–Crippen MR) is 42.4 cm³/mol. The van der Waals surface area contributed by atoms with E-state index in [2.05, 4.69) is 4.74 Å². The SMILES string of the molecule is CCOC(=O)C=C(CCl)OC. The van der Waals surface area contributed by atoms with E-state index in [1.165, 1.54) is 13.2 Å². The lowest BCUT2D eigenvalue weighted by atomic mass is 10.5. The van der Waals surface area contributed by atoms with Crippen LogP contribution in [0.15, 0.2) is 11.8 Å². The van der Waals surface area contributed by atoms with E-state index in [-0.39, 0.29) is 5.88 Å². The van der Waals surface area contributed by atoms with E-state index in [4.69, 9.17) is 16.3 Å². The molecule has 0 aromatic carbocycles. The van der Waals surface area contributed by atoms with Crippen LogP contribution in [-0.2, 0) is 14.3 Å². The average Bonchev–Trinajstić information content (AvgIpc) is 2.01. The summed E-state index contributed by atoms with van der Waals surface area (Å²) in [5.74, 6) is 0.157. The molecule has 0 bridgehead atoms. The number of rotatable bonds is 4. The Morgan fingerprint density at radius 1 is 1.64 bits per heavy atom. The standard InChI is InChI=1S/C7H11ClO3/c1-3-11-7(9)4-6(5-8)10-2/h4H,3,5H2,1-2H3. The van der Waals surface area contributed by atoms with Gasteiger partial charge in [0.25, 0.3) is 0 Å². The second kappa shape index (κ2) is 6.04. The molecule has 0 aliphatic heterocycles. The van der Waals surface area contributed by atoms with Gasteiger partial charge in [-0.1, -0.05) is 0 Å². The van der Waals surface area contributed by atoms with Crippen LogP contribution in [0, 0.1) is 0 Å². The van der Waals surface area contributed by atoms with Crippen molar-refractivity contribution in [1.82, 2.24) is 0 Å². The van der Waals surface area contributed by atoms with Gasteiger partial charge in [-0.15, -0.1) is 11.6 Å². The molecule has 0 saturated heterocycles. The van der Waals surface area contributed by atoms with E-state index in [0.29, 0.717) is 12.4 Å². The Hall–Kier alpha value is -0.700. The average molecular weight is 179 g/mol. The van der Waals surface area contributed by atoms with Gasteiger partial charge in [-0.05, 0) is 6.92 Å². The summed E-state index contributed by atoms with van der Waals surface area (Å²) >= 11 is 5.41. The van der Waals surface area contributed by atoms with Crippen molar-refractivity contribution in [3.8, 4) is 0 Å². The Kier molecular flexibility index (Phi) is 5.65. The number of hydrogen-bond acceptors (Lipinski definition) is 3.